The van der Waals surface area contributed by atoms with Crippen molar-refractivity contribution in [3.8, 4) is 33.4 Å². The number of hydrogen-bond donors (Lipinski definition) is 0. The molecule has 1 nitrogen and oxygen atoms in total. The van der Waals surface area contributed by atoms with E-state index in [0.717, 1.165) is 58.5 Å². The number of rotatable bonds is 3. The molecule has 0 saturated carbocycles. The minimum atomic E-state index is -0.400. The van der Waals surface area contributed by atoms with Crippen molar-refractivity contribution in [2.24, 2.45) is 0 Å². The van der Waals surface area contributed by atoms with E-state index in [4.69, 9.17) is 11.3 Å². The molecule has 170 valence electrons. The van der Waals surface area contributed by atoms with Gasteiger partial charge in [-0.3, -0.25) is 0 Å². The first-order valence-corrected chi connectivity index (χ1v) is 12.7. The van der Waals surface area contributed by atoms with Crippen LogP contribution in [-0.4, -0.2) is 0 Å². The van der Waals surface area contributed by atoms with Crippen LogP contribution >= 0.6 is 22.6 Å². The van der Waals surface area contributed by atoms with Gasteiger partial charge in [-0.05, 0) is 55.9 Å². The van der Waals surface area contributed by atoms with Gasteiger partial charge in [-0.1, -0.05) is 115 Å². The fraction of sp³-hybridized carbons (Fsp3) is 0. The van der Waals surface area contributed by atoms with E-state index in [1.54, 1.807) is 0 Å². The highest BCUT2D eigenvalue weighted by Crippen LogP contribution is 2.47. The number of halogens is 1. The second-order valence-corrected chi connectivity index (χ2v) is 9.65. The molecule has 0 bridgehead atoms. The minimum absolute atomic E-state index is 0.202. The van der Waals surface area contributed by atoms with Crippen LogP contribution < -0.4 is 0 Å². The van der Waals surface area contributed by atoms with Crippen molar-refractivity contribution < 1.29 is 11.3 Å². The van der Waals surface area contributed by atoms with Gasteiger partial charge >= 0.3 is 0 Å². The molecule has 0 atom stereocenters. The molecule has 0 saturated heterocycles. The number of fused-ring (bicyclic) bond motifs is 3. The second-order valence-electron chi connectivity index (χ2n) is 8.67. The molecule has 0 N–H and O–H groups in total. The van der Waals surface area contributed by atoms with Crippen LogP contribution in [0.2, 0.25) is 0 Å². The van der Waals surface area contributed by atoms with Crippen molar-refractivity contribution in [3.63, 3.8) is 0 Å². The Morgan fingerprint density at radius 3 is 1.72 bits per heavy atom. The molecule has 2 heteroatoms. The Hall–Kier alpha value is -3.89. The summed E-state index contributed by atoms with van der Waals surface area (Å²) in [6.07, 6.45) is 0. The smallest absolute Gasteiger partial charge is 0.172 e. The van der Waals surface area contributed by atoms with Gasteiger partial charge in [0.05, 0.1) is 6.85 Å². The monoisotopic (exact) mass is 577 g/mol. The topological polar surface area (TPSA) is 13.1 Å². The van der Waals surface area contributed by atoms with Crippen LogP contribution in [0, 0.1) is 3.77 Å². The lowest BCUT2D eigenvalue weighted by molar-refractivity contribution is 0.585. The standard InChI is InChI=1S/C34H21IO/c35-34-33(29-21-24(19-20-30(29)36-34)22-11-3-1-4-12-22)32-27-17-9-7-15-25(27)31(23-13-5-2-6-14-23)26-16-8-10-18-28(26)32/h1-21H/i2D,5D,6D,13D,14D. The first kappa shape index (κ1) is 16.7. The Morgan fingerprint density at radius 2 is 1.08 bits per heavy atom. The van der Waals surface area contributed by atoms with Gasteiger partial charge in [0.25, 0.3) is 0 Å². The maximum absolute atomic E-state index is 8.77. The van der Waals surface area contributed by atoms with E-state index in [0.29, 0.717) is 5.56 Å². The Morgan fingerprint density at radius 1 is 0.500 bits per heavy atom. The van der Waals surface area contributed by atoms with Crippen molar-refractivity contribution in [1.29, 1.82) is 0 Å². The van der Waals surface area contributed by atoms with Crippen molar-refractivity contribution in [2.45, 2.75) is 0 Å². The van der Waals surface area contributed by atoms with Crippen molar-refractivity contribution in [1.82, 2.24) is 0 Å². The van der Waals surface area contributed by atoms with Gasteiger partial charge in [-0.15, -0.1) is 0 Å². The lowest BCUT2D eigenvalue weighted by Gasteiger charge is -2.17. The van der Waals surface area contributed by atoms with Gasteiger partial charge in [0, 0.05) is 39.1 Å². The lowest BCUT2D eigenvalue weighted by atomic mass is 9.86. The molecule has 1 aromatic heterocycles. The van der Waals surface area contributed by atoms with Crippen LogP contribution in [0.3, 0.4) is 0 Å². The molecule has 0 radical (unpaired) electrons. The van der Waals surface area contributed by atoms with Crippen LogP contribution in [0.4, 0.5) is 0 Å². The fourth-order valence-electron chi connectivity index (χ4n) is 5.15. The summed E-state index contributed by atoms with van der Waals surface area (Å²) in [6.45, 7) is 0. The quantitative estimate of drug-likeness (QED) is 0.150. The third-order valence-electron chi connectivity index (χ3n) is 6.68. The molecule has 36 heavy (non-hydrogen) atoms. The molecule has 0 aliphatic carbocycles. The van der Waals surface area contributed by atoms with Gasteiger partial charge in [-0.2, -0.15) is 0 Å². The van der Waals surface area contributed by atoms with Crippen molar-refractivity contribution >= 4 is 55.1 Å². The largest absolute Gasteiger partial charge is 0.450 e. The van der Waals surface area contributed by atoms with E-state index in [1.165, 1.54) is 0 Å². The Kier molecular flexibility index (Phi) is 4.02. The molecular weight excluding hydrogens is 551 g/mol. The summed E-state index contributed by atoms with van der Waals surface area (Å²) >= 11 is 2.25. The lowest BCUT2D eigenvalue weighted by Crippen LogP contribution is -1.91. The average molecular weight is 577 g/mol. The summed E-state index contributed by atoms with van der Waals surface area (Å²) < 4.78 is 49.4. The number of hydrogen-bond acceptors (Lipinski definition) is 1. The summed E-state index contributed by atoms with van der Waals surface area (Å²) in [7, 11) is 0. The molecular formula is C34H21IO. The zero-order chi connectivity index (χ0) is 28.4. The van der Waals surface area contributed by atoms with Crippen LogP contribution in [0.25, 0.3) is 65.9 Å². The number of benzene rings is 6. The maximum Gasteiger partial charge on any atom is 0.172 e. The Labute approximate surface area is 230 Å². The highest BCUT2D eigenvalue weighted by Gasteiger charge is 2.22. The minimum Gasteiger partial charge on any atom is -0.450 e. The highest BCUT2D eigenvalue weighted by atomic mass is 127. The SMILES string of the molecule is [2H]c1c([2H])c([2H])c(-c2c3ccccc3c(-c3c(I)oc4ccc(-c5ccccc5)cc34)c3ccccc23)c([2H])c1[2H]. The summed E-state index contributed by atoms with van der Waals surface area (Å²) in [5.74, 6) is 0. The van der Waals surface area contributed by atoms with Crippen LogP contribution in [0.1, 0.15) is 6.85 Å². The third-order valence-corrected chi connectivity index (χ3v) is 7.44. The predicted molar refractivity (Wildman–Crippen MR) is 160 cm³/mol. The Bertz CT molecular complexity index is 2080. The molecule has 0 aliphatic rings. The van der Waals surface area contributed by atoms with Gasteiger partial charge < -0.3 is 4.42 Å². The first-order chi connectivity index (χ1) is 19.9. The van der Waals surface area contributed by atoms with E-state index >= 15 is 0 Å². The molecule has 0 spiro atoms. The van der Waals surface area contributed by atoms with Crippen molar-refractivity contribution in [3.05, 3.63) is 131 Å². The van der Waals surface area contributed by atoms with E-state index < -0.39 is 6.04 Å². The molecule has 7 rings (SSSR count). The summed E-state index contributed by atoms with van der Waals surface area (Å²) in [6, 6.07) is 30.7. The fourth-order valence-corrected chi connectivity index (χ4v) is 5.95. The molecule has 1 heterocycles. The molecule has 6 aromatic carbocycles. The first-order valence-electron chi connectivity index (χ1n) is 14.2. The predicted octanol–water partition coefficient (Wildman–Crippen LogP) is 10.3. The summed E-state index contributed by atoms with van der Waals surface area (Å²) in [5.41, 5.74) is 5.77. The molecule has 0 aliphatic heterocycles. The summed E-state index contributed by atoms with van der Waals surface area (Å²) in [4.78, 5) is 0. The average Bonchev–Trinajstić information content (AvgIpc) is 3.33. The van der Waals surface area contributed by atoms with E-state index in [-0.39, 0.29) is 29.7 Å². The zero-order valence-corrected chi connectivity index (χ0v) is 21.2. The summed E-state index contributed by atoms with van der Waals surface area (Å²) in [5, 5.41) is 4.44. The number of furan rings is 1. The van der Waals surface area contributed by atoms with Gasteiger partial charge in [-0.25, -0.2) is 0 Å². The molecule has 0 fully saturated rings. The zero-order valence-electron chi connectivity index (χ0n) is 24.0. The van der Waals surface area contributed by atoms with Gasteiger partial charge in [0.1, 0.15) is 5.58 Å². The second kappa shape index (κ2) is 8.65. The van der Waals surface area contributed by atoms with Gasteiger partial charge in [0.2, 0.25) is 0 Å². The highest BCUT2D eigenvalue weighted by molar-refractivity contribution is 14.1. The normalized spacial score (nSPS) is 13.4. The van der Waals surface area contributed by atoms with E-state index in [1.807, 2.05) is 72.8 Å². The van der Waals surface area contributed by atoms with E-state index in [9.17, 15) is 0 Å². The van der Waals surface area contributed by atoms with E-state index in [2.05, 4.69) is 46.9 Å². The third kappa shape index (κ3) is 3.36. The molecule has 7 aromatic rings. The van der Waals surface area contributed by atoms with Crippen LogP contribution in [-0.2, 0) is 0 Å². The Balaban J connectivity index is 1.64. The van der Waals surface area contributed by atoms with Crippen molar-refractivity contribution in [2.75, 3.05) is 0 Å². The van der Waals surface area contributed by atoms with Crippen LogP contribution in [0.15, 0.2) is 132 Å². The van der Waals surface area contributed by atoms with Gasteiger partial charge in [0.15, 0.2) is 3.77 Å². The maximum atomic E-state index is 8.77. The van der Waals surface area contributed by atoms with Crippen LogP contribution in [0.5, 0.6) is 0 Å². The molecule has 0 unspecified atom stereocenters. The molecule has 0 amide bonds.